The highest BCUT2D eigenvalue weighted by atomic mass is 16.1. The van der Waals surface area contributed by atoms with E-state index in [2.05, 4.69) is 36.3 Å². The van der Waals surface area contributed by atoms with Crippen molar-refractivity contribution in [1.82, 2.24) is 15.5 Å². The van der Waals surface area contributed by atoms with Gasteiger partial charge in [-0.3, -0.25) is 4.79 Å². The topological polar surface area (TPSA) is 44.4 Å². The number of rotatable bonds is 7. The van der Waals surface area contributed by atoms with Crippen LogP contribution < -0.4 is 10.6 Å². The van der Waals surface area contributed by atoms with Crippen LogP contribution in [0.4, 0.5) is 0 Å². The fourth-order valence-corrected chi connectivity index (χ4v) is 3.96. The molecule has 0 aromatic rings. The SMILES string of the molecule is CC(C)CN1CCC(CNC(=O)CC(C)C2CCNCC2)C1. The van der Waals surface area contributed by atoms with Crippen molar-refractivity contribution in [2.45, 2.75) is 46.5 Å². The summed E-state index contributed by atoms with van der Waals surface area (Å²) in [5.74, 6) is 2.88. The molecule has 2 unspecified atom stereocenters. The first-order valence-corrected chi connectivity index (χ1v) is 9.24. The van der Waals surface area contributed by atoms with Gasteiger partial charge in [-0.15, -0.1) is 0 Å². The van der Waals surface area contributed by atoms with Gasteiger partial charge in [-0.25, -0.2) is 0 Å². The molecule has 0 bridgehead atoms. The first-order valence-electron chi connectivity index (χ1n) is 9.24. The minimum atomic E-state index is 0.258. The fourth-order valence-electron chi connectivity index (χ4n) is 3.96. The Hall–Kier alpha value is -0.610. The molecule has 2 aliphatic heterocycles. The van der Waals surface area contributed by atoms with Crippen LogP contribution in [0.3, 0.4) is 0 Å². The van der Waals surface area contributed by atoms with Gasteiger partial charge < -0.3 is 15.5 Å². The summed E-state index contributed by atoms with van der Waals surface area (Å²) in [6.07, 6.45) is 4.38. The molecule has 2 saturated heterocycles. The number of piperidine rings is 1. The predicted octanol–water partition coefficient (Wildman–Crippen LogP) is 2.11. The quantitative estimate of drug-likeness (QED) is 0.757. The van der Waals surface area contributed by atoms with Gasteiger partial charge in [-0.1, -0.05) is 20.8 Å². The Morgan fingerprint density at radius 3 is 2.64 bits per heavy atom. The Bertz CT molecular complexity index is 339. The Labute approximate surface area is 136 Å². The van der Waals surface area contributed by atoms with Crippen LogP contribution in [-0.2, 0) is 4.79 Å². The maximum absolute atomic E-state index is 12.2. The number of hydrogen-bond donors (Lipinski definition) is 2. The number of amides is 1. The highest BCUT2D eigenvalue weighted by Gasteiger charge is 2.25. The predicted molar refractivity (Wildman–Crippen MR) is 91.8 cm³/mol. The summed E-state index contributed by atoms with van der Waals surface area (Å²) in [7, 11) is 0. The van der Waals surface area contributed by atoms with Crippen molar-refractivity contribution >= 4 is 5.91 Å². The van der Waals surface area contributed by atoms with Crippen molar-refractivity contribution in [3.05, 3.63) is 0 Å². The van der Waals surface area contributed by atoms with Crippen LogP contribution in [0, 0.1) is 23.7 Å². The first-order chi connectivity index (χ1) is 10.5. The van der Waals surface area contributed by atoms with E-state index in [-0.39, 0.29) is 5.91 Å². The van der Waals surface area contributed by atoms with E-state index in [0.29, 0.717) is 18.3 Å². The van der Waals surface area contributed by atoms with E-state index in [9.17, 15) is 4.79 Å². The van der Waals surface area contributed by atoms with E-state index in [1.165, 1.54) is 32.4 Å². The molecule has 2 atom stereocenters. The Balaban J connectivity index is 1.61. The summed E-state index contributed by atoms with van der Waals surface area (Å²) in [4.78, 5) is 14.7. The largest absolute Gasteiger partial charge is 0.356 e. The molecule has 2 N–H and O–H groups in total. The molecule has 4 nitrogen and oxygen atoms in total. The van der Waals surface area contributed by atoms with Crippen molar-refractivity contribution in [2.24, 2.45) is 23.7 Å². The molecule has 0 saturated carbocycles. The number of carbonyl (C=O) groups excluding carboxylic acids is 1. The van der Waals surface area contributed by atoms with Gasteiger partial charge in [-0.2, -0.15) is 0 Å². The molecule has 0 aromatic heterocycles. The van der Waals surface area contributed by atoms with Gasteiger partial charge in [0.15, 0.2) is 0 Å². The van der Waals surface area contributed by atoms with E-state index in [4.69, 9.17) is 0 Å². The average Bonchev–Trinajstić information content (AvgIpc) is 2.93. The molecule has 1 amide bonds. The van der Waals surface area contributed by atoms with E-state index in [1.54, 1.807) is 0 Å². The molecule has 128 valence electrons. The monoisotopic (exact) mass is 309 g/mol. The van der Waals surface area contributed by atoms with Crippen molar-refractivity contribution in [3.8, 4) is 0 Å². The third-order valence-electron chi connectivity index (χ3n) is 5.28. The average molecular weight is 309 g/mol. The second-order valence-corrected chi connectivity index (χ2v) is 7.88. The Kier molecular flexibility index (Phi) is 7.16. The zero-order valence-electron chi connectivity index (χ0n) is 14.7. The summed E-state index contributed by atoms with van der Waals surface area (Å²) < 4.78 is 0. The lowest BCUT2D eigenvalue weighted by Crippen LogP contribution is -2.35. The third kappa shape index (κ3) is 5.88. The molecule has 4 heteroatoms. The molecule has 0 aromatic carbocycles. The number of carbonyl (C=O) groups is 1. The molecule has 0 aliphatic carbocycles. The molecule has 0 radical (unpaired) electrons. The summed E-state index contributed by atoms with van der Waals surface area (Å²) in [5, 5.41) is 6.58. The van der Waals surface area contributed by atoms with E-state index in [0.717, 1.165) is 38.0 Å². The van der Waals surface area contributed by atoms with Crippen molar-refractivity contribution < 1.29 is 4.79 Å². The molecule has 2 heterocycles. The third-order valence-corrected chi connectivity index (χ3v) is 5.28. The molecule has 2 rings (SSSR count). The Morgan fingerprint density at radius 2 is 1.95 bits per heavy atom. The van der Waals surface area contributed by atoms with Gasteiger partial charge in [0, 0.05) is 26.1 Å². The lowest BCUT2D eigenvalue weighted by atomic mass is 9.84. The molecule has 2 aliphatic rings. The summed E-state index contributed by atoms with van der Waals surface area (Å²) in [6.45, 7) is 13.4. The highest BCUT2D eigenvalue weighted by molar-refractivity contribution is 5.76. The van der Waals surface area contributed by atoms with Crippen LogP contribution in [0.25, 0.3) is 0 Å². The molecular formula is C18H35N3O. The molecule has 2 fully saturated rings. The van der Waals surface area contributed by atoms with Gasteiger partial charge in [0.1, 0.15) is 0 Å². The summed E-state index contributed by atoms with van der Waals surface area (Å²) in [5.41, 5.74) is 0. The van der Waals surface area contributed by atoms with Crippen LogP contribution >= 0.6 is 0 Å². The van der Waals surface area contributed by atoms with Crippen LogP contribution in [0.1, 0.15) is 46.5 Å². The second-order valence-electron chi connectivity index (χ2n) is 7.88. The summed E-state index contributed by atoms with van der Waals surface area (Å²) >= 11 is 0. The first kappa shape index (κ1) is 17.7. The van der Waals surface area contributed by atoms with Crippen LogP contribution in [0.15, 0.2) is 0 Å². The molecule has 22 heavy (non-hydrogen) atoms. The van der Waals surface area contributed by atoms with Crippen molar-refractivity contribution in [2.75, 3.05) is 39.3 Å². The van der Waals surface area contributed by atoms with Crippen LogP contribution in [-0.4, -0.2) is 50.1 Å². The normalized spacial score (nSPS) is 25.5. The molecular weight excluding hydrogens is 274 g/mol. The minimum Gasteiger partial charge on any atom is -0.356 e. The lowest BCUT2D eigenvalue weighted by molar-refractivity contribution is -0.122. The number of likely N-dealkylation sites (tertiary alicyclic amines) is 1. The van der Waals surface area contributed by atoms with E-state index in [1.807, 2.05) is 0 Å². The second kappa shape index (κ2) is 8.88. The lowest BCUT2D eigenvalue weighted by Gasteiger charge is -2.28. The van der Waals surface area contributed by atoms with Crippen LogP contribution in [0.5, 0.6) is 0 Å². The maximum atomic E-state index is 12.2. The number of hydrogen-bond acceptors (Lipinski definition) is 3. The van der Waals surface area contributed by atoms with Crippen molar-refractivity contribution in [1.29, 1.82) is 0 Å². The van der Waals surface area contributed by atoms with Gasteiger partial charge >= 0.3 is 0 Å². The number of nitrogens with one attached hydrogen (secondary N) is 2. The van der Waals surface area contributed by atoms with E-state index < -0.39 is 0 Å². The van der Waals surface area contributed by atoms with Crippen molar-refractivity contribution in [3.63, 3.8) is 0 Å². The van der Waals surface area contributed by atoms with Gasteiger partial charge in [0.05, 0.1) is 0 Å². The smallest absolute Gasteiger partial charge is 0.220 e. The summed E-state index contributed by atoms with van der Waals surface area (Å²) in [6, 6.07) is 0. The van der Waals surface area contributed by atoms with Gasteiger partial charge in [-0.05, 0) is 62.6 Å². The molecule has 0 spiro atoms. The van der Waals surface area contributed by atoms with E-state index >= 15 is 0 Å². The van der Waals surface area contributed by atoms with Crippen LogP contribution in [0.2, 0.25) is 0 Å². The van der Waals surface area contributed by atoms with Gasteiger partial charge in [0.25, 0.3) is 0 Å². The highest BCUT2D eigenvalue weighted by Crippen LogP contribution is 2.24. The Morgan fingerprint density at radius 1 is 1.23 bits per heavy atom. The number of nitrogens with zero attached hydrogens (tertiary/aromatic N) is 1. The maximum Gasteiger partial charge on any atom is 0.220 e. The van der Waals surface area contributed by atoms with Gasteiger partial charge in [0.2, 0.25) is 5.91 Å². The standard InChI is InChI=1S/C18H35N3O/c1-14(2)12-21-9-6-16(13-21)11-20-18(22)10-15(3)17-4-7-19-8-5-17/h14-17,19H,4-13H2,1-3H3,(H,20,22). The fraction of sp³-hybridized carbons (Fsp3) is 0.944. The zero-order valence-corrected chi connectivity index (χ0v) is 14.7. The zero-order chi connectivity index (χ0) is 15.9. The minimum absolute atomic E-state index is 0.258.